The fourth-order valence-electron chi connectivity index (χ4n) is 4.05. The monoisotopic (exact) mass is 555 g/mol. The van der Waals surface area contributed by atoms with Crippen LogP contribution in [0.5, 0.6) is 5.75 Å². The number of carboxylic acid groups (broad SMARTS) is 1. The second-order valence-corrected chi connectivity index (χ2v) is 9.08. The molecule has 0 heterocycles. The fourth-order valence-corrected chi connectivity index (χ4v) is 4.05. The summed E-state index contributed by atoms with van der Waals surface area (Å²) >= 11 is 0. The molecule has 4 rings (SSSR count). The maximum absolute atomic E-state index is 13.9. The number of aliphatic carboxylic acids is 1. The molecule has 6 nitrogen and oxygen atoms in total. The molecule has 2 N–H and O–H groups in total. The molecule has 208 valence electrons. The molecule has 0 radical (unpaired) electrons. The van der Waals surface area contributed by atoms with Crippen LogP contribution in [0.15, 0.2) is 84.9 Å². The first kappa shape index (κ1) is 28.6. The van der Waals surface area contributed by atoms with Crippen LogP contribution in [0.4, 0.5) is 17.6 Å². The van der Waals surface area contributed by atoms with Crippen molar-refractivity contribution < 1.29 is 41.7 Å². The molecule has 40 heavy (non-hydrogen) atoms. The Morgan fingerprint density at radius 2 is 1.57 bits per heavy atom. The van der Waals surface area contributed by atoms with Crippen LogP contribution in [0.25, 0.3) is 10.8 Å². The Morgan fingerprint density at radius 1 is 0.900 bits per heavy atom. The van der Waals surface area contributed by atoms with Crippen molar-refractivity contribution in [2.45, 2.75) is 38.5 Å². The van der Waals surface area contributed by atoms with Crippen molar-refractivity contribution in [3.63, 3.8) is 0 Å². The summed E-state index contributed by atoms with van der Waals surface area (Å²) in [6, 6.07) is 18.7. The third-order valence-corrected chi connectivity index (χ3v) is 6.22. The maximum Gasteiger partial charge on any atom is 0.416 e. The number of fused-ring (bicyclic) bond motifs is 1. The van der Waals surface area contributed by atoms with E-state index in [2.05, 4.69) is 5.32 Å². The fraction of sp³-hybridized carbons (Fsp3) is 0.200. The van der Waals surface area contributed by atoms with Crippen molar-refractivity contribution in [2.24, 2.45) is 0 Å². The molecule has 0 aliphatic carbocycles. The van der Waals surface area contributed by atoms with Crippen molar-refractivity contribution in [3.05, 3.63) is 113 Å². The van der Waals surface area contributed by atoms with Crippen molar-refractivity contribution in [1.29, 1.82) is 0 Å². The van der Waals surface area contributed by atoms with Gasteiger partial charge in [0.2, 0.25) is 0 Å². The van der Waals surface area contributed by atoms with Gasteiger partial charge < -0.3 is 19.9 Å². The highest BCUT2D eigenvalue weighted by atomic mass is 19.4. The summed E-state index contributed by atoms with van der Waals surface area (Å²) in [5.41, 5.74) is 0.364. The molecule has 0 bridgehead atoms. The minimum atomic E-state index is -4.49. The molecule has 4 aromatic rings. The van der Waals surface area contributed by atoms with Crippen LogP contribution in [0.1, 0.15) is 34.0 Å². The second kappa shape index (κ2) is 12.2. The average Bonchev–Trinajstić information content (AvgIpc) is 2.93. The molecule has 4 aromatic carbocycles. The van der Waals surface area contributed by atoms with Crippen LogP contribution in [-0.2, 0) is 28.9 Å². The van der Waals surface area contributed by atoms with Gasteiger partial charge in [-0.2, -0.15) is 13.2 Å². The summed E-state index contributed by atoms with van der Waals surface area (Å²) in [5.74, 6) is -2.59. The quantitative estimate of drug-likeness (QED) is 0.222. The van der Waals surface area contributed by atoms with E-state index >= 15 is 0 Å². The highest BCUT2D eigenvalue weighted by Gasteiger charge is 2.31. The summed E-state index contributed by atoms with van der Waals surface area (Å²) in [5, 5.41) is 13.0. The largest absolute Gasteiger partial charge is 0.487 e. The normalized spacial score (nSPS) is 13.0. The highest BCUT2D eigenvalue weighted by Crippen LogP contribution is 2.33. The van der Waals surface area contributed by atoms with Crippen LogP contribution >= 0.6 is 0 Å². The Kier molecular flexibility index (Phi) is 8.69. The molecule has 0 aliphatic heterocycles. The predicted octanol–water partition coefficient (Wildman–Crippen LogP) is 6.37. The Morgan fingerprint density at radius 3 is 2.23 bits per heavy atom. The summed E-state index contributed by atoms with van der Waals surface area (Å²) in [6.07, 6.45) is -5.40. The molecule has 0 aliphatic rings. The van der Waals surface area contributed by atoms with E-state index < -0.39 is 41.6 Å². The molecule has 0 fully saturated rings. The Labute approximate surface area is 227 Å². The number of hydrogen-bond acceptors (Lipinski definition) is 4. The Balaban J connectivity index is 1.57. The van der Waals surface area contributed by atoms with Gasteiger partial charge in [0.25, 0.3) is 5.91 Å². The minimum Gasteiger partial charge on any atom is -0.487 e. The number of hydrogen-bond donors (Lipinski definition) is 2. The molecule has 0 aromatic heterocycles. The number of halogens is 4. The molecule has 0 saturated carbocycles. The van der Waals surface area contributed by atoms with Gasteiger partial charge in [0.05, 0.1) is 23.8 Å². The summed E-state index contributed by atoms with van der Waals surface area (Å²) in [4.78, 5) is 25.3. The number of rotatable bonds is 10. The number of alkyl halides is 3. The molecule has 0 spiro atoms. The van der Waals surface area contributed by atoms with Crippen LogP contribution < -0.4 is 10.1 Å². The lowest BCUT2D eigenvalue weighted by molar-refractivity contribution is -0.143. The van der Waals surface area contributed by atoms with E-state index in [4.69, 9.17) is 9.47 Å². The lowest BCUT2D eigenvalue weighted by atomic mass is 10.0. The predicted molar refractivity (Wildman–Crippen MR) is 139 cm³/mol. The maximum atomic E-state index is 13.9. The van der Waals surface area contributed by atoms with Gasteiger partial charge in [-0.25, -0.2) is 9.18 Å². The summed E-state index contributed by atoms with van der Waals surface area (Å²) < 4.78 is 64.2. The van der Waals surface area contributed by atoms with E-state index in [0.717, 1.165) is 17.7 Å². The molecule has 2 atom stereocenters. The average molecular weight is 556 g/mol. The van der Waals surface area contributed by atoms with Crippen LogP contribution in [-0.4, -0.2) is 29.1 Å². The SMILES string of the molecule is CC(OCc1ccccc1)C(NC(=O)c1ccc2cc(F)ccc2c1OCc1ccc(C(F)(F)F)cc1)C(=O)O. The standard InChI is InChI=1S/C30H25F4NO5/c1-18(39-16-19-5-3-2-4-6-19)26(29(37)38)35-28(36)25-13-9-21-15-23(31)12-14-24(21)27(25)40-17-20-7-10-22(11-8-20)30(32,33)34/h2-15,18,26H,16-17H2,1H3,(H,35,36)(H,37,38). The molecular formula is C30H25F4NO5. The third-order valence-electron chi connectivity index (χ3n) is 6.22. The van der Waals surface area contributed by atoms with Gasteiger partial charge in [-0.3, -0.25) is 4.79 Å². The third kappa shape index (κ3) is 6.95. The lowest BCUT2D eigenvalue weighted by Crippen LogP contribution is -2.48. The number of nitrogens with one attached hydrogen (secondary N) is 1. The molecule has 0 saturated heterocycles. The minimum absolute atomic E-state index is 0.0249. The molecular weight excluding hydrogens is 530 g/mol. The van der Waals surface area contributed by atoms with E-state index in [-0.39, 0.29) is 24.5 Å². The Hall–Kier alpha value is -4.44. The highest BCUT2D eigenvalue weighted by molar-refractivity contribution is 6.05. The number of ether oxygens (including phenoxy) is 2. The van der Waals surface area contributed by atoms with Gasteiger partial charge in [-0.05, 0) is 59.8 Å². The number of amides is 1. The number of carboxylic acids is 1. The van der Waals surface area contributed by atoms with Gasteiger partial charge in [0.1, 0.15) is 18.2 Å². The van der Waals surface area contributed by atoms with Gasteiger partial charge >= 0.3 is 12.1 Å². The van der Waals surface area contributed by atoms with Gasteiger partial charge in [0, 0.05) is 5.39 Å². The van der Waals surface area contributed by atoms with Gasteiger partial charge in [-0.1, -0.05) is 48.5 Å². The topological polar surface area (TPSA) is 84.9 Å². The van der Waals surface area contributed by atoms with Gasteiger partial charge in [0.15, 0.2) is 6.04 Å². The van der Waals surface area contributed by atoms with Crippen molar-refractivity contribution in [3.8, 4) is 5.75 Å². The summed E-state index contributed by atoms with van der Waals surface area (Å²) in [6.45, 7) is 1.45. The first-order chi connectivity index (χ1) is 19.0. The van der Waals surface area contributed by atoms with E-state index in [1.165, 1.54) is 49.4 Å². The summed E-state index contributed by atoms with van der Waals surface area (Å²) in [7, 11) is 0. The zero-order valence-electron chi connectivity index (χ0n) is 21.2. The van der Waals surface area contributed by atoms with Crippen LogP contribution in [0.2, 0.25) is 0 Å². The van der Waals surface area contributed by atoms with E-state index in [9.17, 15) is 32.3 Å². The van der Waals surface area contributed by atoms with Crippen molar-refractivity contribution in [2.75, 3.05) is 0 Å². The van der Waals surface area contributed by atoms with E-state index in [0.29, 0.717) is 16.3 Å². The van der Waals surface area contributed by atoms with Crippen LogP contribution in [0, 0.1) is 5.82 Å². The van der Waals surface area contributed by atoms with Gasteiger partial charge in [-0.15, -0.1) is 0 Å². The first-order valence-electron chi connectivity index (χ1n) is 12.2. The van der Waals surface area contributed by atoms with E-state index in [1.54, 1.807) is 0 Å². The van der Waals surface area contributed by atoms with E-state index in [1.807, 2.05) is 30.3 Å². The zero-order valence-corrected chi connectivity index (χ0v) is 21.2. The number of carbonyl (C=O) groups is 2. The molecule has 10 heteroatoms. The smallest absolute Gasteiger partial charge is 0.416 e. The number of carbonyl (C=O) groups excluding carboxylic acids is 1. The van der Waals surface area contributed by atoms with Crippen LogP contribution in [0.3, 0.4) is 0 Å². The second-order valence-electron chi connectivity index (χ2n) is 9.08. The molecule has 2 unspecified atom stereocenters. The zero-order chi connectivity index (χ0) is 28.9. The van der Waals surface area contributed by atoms with Crippen molar-refractivity contribution in [1.82, 2.24) is 5.32 Å². The molecule has 1 amide bonds. The van der Waals surface area contributed by atoms with Crippen molar-refractivity contribution >= 4 is 22.6 Å². The lowest BCUT2D eigenvalue weighted by Gasteiger charge is -2.23. The first-order valence-corrected chi connectivity index (χ1v) is 12.2. The Bertz CT molecular complexity index is 1490. The number of benzene rings is 4.